The van der Waals surface area contributed by atoms with E-state index in [1.165, 1.54) is 6.26 Å². The molecule has 1 fully saturated rings. The van der Waals surface area contributed by atoms with E-state index in [9.17, 15) is 4.79 Å². The lowest BCUT2D eigenvalue weighted by Gasteiger charge is -2.36. The van der Waals surface area contributed by atoms with Gasteiger partial charge in [-0.1, -0.05) is 11.6 Å². The van der Waals surface area contributed by atoms with Gasteiger partial charge in [0.15, 0.2) is 11.7 Å². The molecule has 1 amide bonds. The van der Waals surface area contributed by atoms with E-state index in [0.717, 1.165) is 28.3 Å². The highest BCUT2D eigenvalue weighted by molar-refractivity contribution is 14.0. The van der Waals surface area contributed by atoms with Crippen LogP contribution >= 0.6 is 46.9 Å². The fraction of sp³-hybridized carbons (Fsp3) is 0.375. The van der Waals surface area contributed by atoms with Crippen LogP contribution in [-0.4, -0.2) is 54.9 Å². The van der Waals surface area contributed by atoms with Crippen LogP contribution in [0.5, 0.6) is 0 Å². The molecule has 2 aromatic heterocycles. The molecular weight excluding hydrogens is 475 g/mol. The van der Waals surface area contributed by atoms with E-state index in [0.29, 0.717) is 25.4 Å². The monoisotopic (exact) mass is 494 g/mol. The second-order valence-corrected chi connectivity index (χ2v) is 7.16. The first-order valence-corrected chi connectivity index (χ1v) is 8.89. The van der Waals surface area contributed by atoms with Crippen LogP contribution in [0, 0.1) is 0 Å². The highest BCUT2D eigenvalue weighted by atomic mass is 127. The zero-order valence-electron chi connectivity index (χ0n) is 13.8. The van der Waals surface area contributed by atoms with Gasteiger partial charge in [0.2, 0.25) is 0 Å². The Balaban J connectivity index is 0.00000225. The van der Waals surface area contributed by atoms with Crippen LogP contribution in [0.1, 0.15) is 15.4 Å². The summed E-state index contributed by atoms with van der Waals surface area (Å²) in [6.07, 6.45) is 1.52. The van der Waals surface area contributed by atoms with Crippen LogP contribution in [0.2, 0.25) is 4.34 Å². The lowest BCUT2D eigenvalue weighted by molar-refractivity contribution is 0.0657. The standard InChI is InChI=1S/C16H19ClN4O2S.HI/c1-18-16(19-11-12-4-5-14(17)24-12)21-8-6-20(7-9-21)15(22)13-3-2-10-23-13;/h2-5,10H,6-9,11H2,1H3,(H,18,19);1H. The number of furan rings is 1. The third-order valence-electron chi connectivity index (χ3n) is 3.86. The molecule has 0 bridgehead atoms. The molecule has 25 heavy (non-hydrogen) atoms. The van der Waals surface area contributed by atoms with E-state index in [-0.39, 0.29) is 29.9 Å². The van der Waals surface area contributed by atoms with Gasteiger partial charge in [0, 0.05) is 38.1 Å². The summed E-state index contributed by atoms with van der Waals surface area (Å²) in [5.41, 5.74) is 0. The summed E-state index contributed by atoms with van der Waals surface area (Å²) in [6, 6.07) is 7.33. The van der Waals surface area contributed by atoms with Gasteiger partial charge >= 0.3 is 0 Å². The third kappa shape index (κ3) is 5.11. The first-order chi connectivity index (χ1) is 11.7. The molecule has 3 rings (SSSR count). The third-order valence-corrected chi connectivity index (χ3v) is 5.09. The Bertz CT molecular complexity index is 712. The number of aliphatic imine (C=N–C) groups is 1. The van der Waals surface area contributed by atoms with Gasteiger partial charge < -0.3 is 19.5 Å². The van der Waals surface area contributed by atoms with Gasteiger partial charge in [-0.25, -0.2) is 0 Å². The minimum atomic E-state index is -0.0594. The van der Waals surface area contributed by atoms with Crippen molar-refractivity contribution >= 4 is 58.8 Å². The summed E-state index contributed by atoms with van der Waals surface area (Å²) in [6.45, 7) is 3.44. The molecule has 0 unspecified atom stereocenters. The Hall–Kier alpha value is -1.26. The Morgan fingerprint density at radius 3 is 2.56 bits per heavy atom. The summed E-state index contributed by atoms with van der Waals surface area (Å²) in [4.78, 5) is 21.7. The number of nitrogens with one attached hydrogen (secondary N) is 1. The second kappa shape index (κ2) is 9.44. The predicted octanol–water partition coefficient (Wildman–Crippen LogP) is 3.15. The molecule has 1 N–H and O–H groups in total. The van der Waals surface area contributed by atoms with Crippen LogP contribution in [0.25, 0.3) is 0 Å². The van der Waals surface area contributed by atoms with Crippen LogP contribution in [0.15, 0.2) is 39.9 Å². The molecule has 1 aliphatic heterocycles. The topological polar surface area (TPSA) is 61.1 Å². The van der Waals surface area contributed by atoms with Crippen molar-refractivity contribution in [3.63, 3.8) is 0 Å². The van der Waals surface area contributed by atoms with Crippen LogP contribution in [0.4, 0.5) is 0 Å². The Labute approximate surface area is 172 Å². The molecule has 3 heterocycles. The minimum absolute atomic E-state index is 0. The van der Waals surface area contributed by atoms with Gasteiger partial charge in [-0.2, -0.15) is 0 Å². The zero-order valence-corrected chi connectivity index (χ0v) is 17.7. The minimum Gasteiger partial charge on any atom is -0.459 e. The molecule has 0 aliphatic carbocycles. The number of nitrogens with zero attached hydrogens (tertiary/aromatic N) is 3. The largest absolute Gasteiger partial charge is 0.459 e. The van der Waals surface area contributed by atoms with E-state index in [2.05, 4.69) is 15.2 Å². The highest BCUT2D eigenvalue weighted by Crippen LogP contribution is 2.21. The first kappa shape index (κ1) is 20.1. The Kier molecular flexibility index (Phi) is 7.57. The van der Waals surface area contributed by atoms with E-state index < -0.39 is 0 Å². The number of carbonyl (C=O) groups excluding carboxylic acids is 1. The smallest absolute Gasteiger partial charge is 0.289 e. The maximum absolute atomic E-state index is 12.3. The molecule has 1 saturated heterocycles. The van der Waals surface area contributed by atoms with Crippen LogP contribution in [0.3, 0.4) is 0 Å². The van der Waals surface area contributed by atoms with Gasteiger partial charge in [0.25, 0.3) is 5.91 Å². The molecule has 2 aromatic rings. The van der Waals surface area contributed by atoms with Crippen molar-refractivity contribution < 1.29 is 9.21 Å². The summed E-state index contributed by atoms with van der Waals surface area (Å²) >= 11 is 7.51. The zero-order chi connectivity index (χ0) is 16.9. The maximum atomic E-state index is 12.3. The fourth-order valence-electron chi connectivity index (χ4n) is 2.62. The van der Waals surface area contributed by atoms with Gasteiger partial charge in [-0.15, -0.1) is 35.3 Å². The van der Waals surface area contributed by atoms with Gasteiger partial charge in [-0.05, 0) is 24.3 Å². The average Bonchev–Trinajstić information content (AvgIpc) is 3.27. The Morgan fingerprint density at radius 2 is 2.00 bits per heavy atom. The number of halogens is 2. The summed E-state index contributed by atoms with van der Waals surface area (Å²) in [5.74, 6) is 1.17. The number of carbonyl (C=O) groups is 1. The number of hydrogen-bond acceptors (Lipinski definition) is 4. The van der Waals surface area contributed by atoms with Crippen molar-refractivity contribution in [2.75, 3.05) is 33.2 Å². The molecule has 0 radical (unpaired) electrons. The number of guanidine groups is 1. The molecule has 6 nitrogen and oxygen atoms in total. The van der Waals surface area contributed by atoms with Crippen molar-refractivity contribution in [1.82, 2.24) is 15.1 Å². The SMILES string of the molecule is CN=C(NCc1ccc(Cl)s1)N1CCN(C(=O)c2ccco2)CC1.I. The van der Waals surface area contributed by atoms with Gasteiger partial charge in [0.05, 0.1) is 17.1 Å². The summed E-state index contributed by atoms with van der Waals surface area (Å²) < 4.78 is 5.97. The molecular formula is C16H20ClIN4O2S. The van der Waals surface area contributed by atoms with Crippen molar-refractivity contribution in [2.45, 2.75) is 6.54 Å². The average molecular weight is 495 g/mol. The molecule has 0 atom stereocenters. The molecule has 136 valence electrons. The summed E-state index contributed by atoms with van der Waals surface area (Å²) in [5, 5.41) is 3.35. The molecule has 0 aromatic carbocycles. The summed E-state index contributed by atoms with van der Waals surface area (Å²) in [7, 11) is 1.77. The van der Waals surface area contributed by atoms with Crippen molar-refractivity contribution in [3.05, 3.63) is 45.5 Å². The normalized spacial score (nSPS) is 15.0. The Morgan fingerprint density at radius 1 is 1.28 bits per heavy atom. The van der Waals surface area contributed by atoms with Crippen LogP contribution < -0.4 is 5.32 Å². The van der Waals surface area contributed by atoms with Gasteiger partial charge in [-0.3, -0.25) is 9.79 Å². The van der Waals surface area contributed by atoms with Crippen molar-refractivity contribution in [2.24, 2.45) is 4.99 Å². The maximum Gasteiger partial charge on any atom is 0.289 e. The molecule has 0 spiro atoms. The number of amides is 1. The fourth-order valence-corrected chi connectivity index (χ4v) is 3.65. The molecule has 0 saturated carbocycles. The van der Waals surface area contributed by atoms with Gasteiger partial charge in [0.1, 0.15) is 0 Å². The molecule has 1 aliphatic rings. The highest BCUT2D eigenvalue weighted by Gasteiger charge is 2.25. The lowest BCUT2D eigenvalue weighted by Crippen LogP contribution is -2.53. The lowest BCUT2D eigenvalue weighted by atomic mass is 10.3. The number of piperazine rings is 1. The molecule has 9 heteroatoms. The van der Waals surface area contributed by atoms with E-state index in [1.54, 1.807) is 30.5 Å². The second-order valence-electron chi connectivity index (χ2n) is 5.36. The number of thiophene rings is 1. The number of hydrogen-bond donors (Lipinski definition) is 1. The number of rotatable bonds is 3. The van der Waals surface area contributed by atoms with E-state index in [1.807, 2.05) is 17.0 Å². The van der Waals surface area contributed by atoms with Crippen molar-refractivity contribution in [3.8, 4) is 0 Å². The van der Waals surface area contributed by atoms with E-state index >= 15 is 0 Å². The first-order valence-electron chi connectivity index (χ1n) is 7.70. The predicted molar refractivity (Wildman–Crippen MR) is 111 cm³/mol. The van der Waals surface area contributed by atoms with E-state index in [4.69, 9.17) is 16.0 Å². The van der Waals surface area contributed by atoms with Crippen LogP contribution in [-0.2, 0) is 6.54 Å². The van der Waals surface area contributed by atoms with Crippen molar-refractivity contribution in [1.29, 1.82) is 0 Å². The quantitative estimate of drug-likeness (QED) is 0.405.